The number of nitrogens with one attached hydrogen (secondary N) is 1. The van der Waals surface area contributed by atoms with E-state index < -0.39 is 0 Å². The van der Waals surface area contributed by atoms with Gasteiger partial charge in [-0.05, 0) is 67.1 Å². The average Bonchev–Trinajstić information content (AvgIpc) is 3.26. The fraction of sp³-hybridized carbons (Fsp3) is 0.355. The second-order valence-corrected chi connectivity index (χ2v) is 9.63. The summed E-state index contributed by atoms with van der Waals surface area (Å²) in [5.41, 5.74) is 5.13. The summed E-state index contributed by atoms with van der Waals surface area (Å²) in [5, 5.41) is 3.01. The number of amides is 1. The van der Waals surface area contributed by atoms with E-state index in [1.54, 1.807) is 19.2 Å². The van der Waals surface area contributed by atoms with Crippen LogP contribution >= 0.6 is 0 Å². The maximum atomic E-state index is 12.6. The SMILES string of the molecule is COc1ccccc1C(=O)NCCCc1nc2ccccc2n1CCCOc1cc(C)ccc1C(C)C. The van der Waals surface area contributed by atoms with Crippen molar-refractivity contribution in [3.8, 4) is 11.5 Å². The van der Waals surface area contributed by atoms with Crippen molar-refractivity contribution in [2.24, 2.45) is 0 Å². The highest BCUT2D eigenvalue weighted by Crippen LogP contribution is 2.28. The number of nitrogens with zero attached hydrogens (tertiary/aromatic N) is 2. The molecular weight excluding hydrogens is 462 g/mol. The molecule has 0 atom stereocenters. The maximum absolute atomic E-state index is 12.6. The summed E-state index contributed by atoms with van der Waals surface area (Å²) in [4.78, 5) is 17.5. The molecule has 0 spiro atoms. The van der Waals surface area contributed by atoms with E-state index in [4.69, 9.17) is 14.5 Å². The van der Waals surface area contributed by atoms with E-state index in [1.165, 1.54) is 11.1 Å². The van der Waals surface area contributed by atoms with Gasteiger partial charge in [0.1, 0.15) is 17.3 Å². The van der Waals surface area contributed by atoms with Crippen molar-refractivity contribution in [1.82, 2.24) is 14.9 Å². The lowest BCUT2D eigenvalue weighted by atomic mass is 10.0. The molecule has 0 aliphatic carbocycles. The number of hydrogen-bond acceptors (Lipinski definition) is 4. The summed E-state index contributed by atoms with van der Waals surface area (Å²) < 4.78 is 13.8. The summed E-state index contributed by atoms with van der Waals surface area (Å²) >= 11 is 0. The Morgan fingerprint density at radius 2 is 1.78 bits per heavy atom. The second kappa shape index (κ2) is 12.4. The molecule has 1 aromatic heterocycles. The minimum atomic E-state index is -0.125. The number of rotatable bonds is 12. The molecule has 1 amide bonds. The molecule has 0 aliphatic rings. The number of fused-ring (bicyclic) bond motifs is 1. The van der Waals surface area contributed by atoms with Crippen molar-refractivity contribution in [3.63, 3.8) is 0 Å². The number of carbonyl (C=O) groups is 1. The predicted octanol–water partition coefficient (Wildman–Crippen LogP) is 6.31. The van der Waals surface area contributed by atoms with Gasteiger partial charge in [0, 0.05) is 19.5 Å². The molecule has 0 fully saturated rings. The van der Waals surface area contributed by atoms with Crippen molar-refractivity contribution >= 4 is 16.9 Å². The van der Waals surface area contributed by atoms with Crippen molar-refractivity contribution in [2.45, 2.75) is 52.5 Å². The lowest BCUT2D eigenvalue weighted by Crippen LogP contribution is -2.25. The molecule has 3 aromatic carbocycles. The van der Waals surface area contributed by atoms with Gasteiger partial charge in [0.15, 0.2) is 0 Å². The van der Waals surface area contributed by atoms with Gasteiger partial charge in [-0.25, -0.2) is 4.98 Å². The van der Waals surface area contributed by atoms with Gasteiger partial charge < -0.3 is 19.4 Å². The van der Waals surface area contributed by atoms with Crippen LogP contribution in [-0.4, -0.2) is 35.7 Å². The summed E-state index contributed by atoms with van der Waals surface area (Å²) in [7, 11) is 1.58. The molecule has 6 nitrogen and oxygen atoms in total. The Hall–Kier alpha value is -3.80. The minimum absolute atomic E-state index is 0.125. The van der Waals surface area contributed by atoms with E-state index in [2.05, 4.69) is 67.1 Å². The van der Waals surface area contributed by atoms with Crippen LogP contribution in [0, 0.1) is 6.92 Å². The molecule has 4 aromatic rings. The molecule has 0 aliphatic heterocycles. The molecule has 37 heavy (non-hydrogen) atoms. The number of benzene rings is 3. The van der Waals surface area contributed by atoms with Crippen LogP contribution in [0.4, 0.5) is 0 Å². The van der Waals surface area contributed by atoms with Crippen LogP contribution in [0.1, 0.15) is 59.9 Å². The highest BCUT2D eigenvalue weighted by atomic mass is 16.5. The first-order valence-corrected chi connectivity index (χ1v) is 13.1. The Bertz CT molecular complexity index is 1340. The standard InChI is InChI=1S/C31H37N3O3/c1-22(2)24-17-16-23(3)21-29(24)37-20-10-19-34-27-13-7-6-12-26(27)33-30(34)15-9-18-32-31(35)25-11-5-8-14-28(25)36-4/h5-8,11-14,16-17,21-22H,9-10,15,18-20H2,1-4H3,(H,32,35). The molecule has 0 bridgehead atoms. The number of carbonyl (C=O) groups excluding carboxylic acids is 1. The average molecular weight is 500 g/mol. The van der Waals surface area contributed by atoms with Gasteiger partial charge in [-0.1, -0.05) is 50.2 Å². The lowest BCUT2D eigenvalue weighted by molar-refractivity contribution is 0.0950. The first-order valence-electron chi connectivity index (χ1n) is 13.1. The number of ether oxygens (including phenoxy) is 2. The highest BCUT2D eigenvalue weighted by Gasteiger charge is 2.13. The van der Waals surface area contributed by atoms with E-state index >= 15 is 0 Å². The molecule has 1 N–H and O–H groups in total. The van der Waals surface area contributed by atoms with Crippen LogP contribution in [0.2, 0.25) is 0 Å². The van der Waals surface area contributed by atoms with Crippen molar-refractivity contribution < 1.29 is 14.3 Å². The Morgan fingerprint density at radius 3 is 2.59 bits per heavy atom. The zero-order valence-electron chi connectivity index (χ0n) is 22.3. The maximum Gasteiger partial charge on any atom is 0.255 e. The molecule has 0 radical (unpaired) electrons. The number of para-hydroxylation sites is 3. The molecule has 4 rings (SSSR count). The second-order valence-electron chi connectivity index (χ2n) is 9.63. The van der Waals surface area contributed by atoms with E-state index in [0.29, 0.717) is 30.4 Å². The van der Waals surface area contributed by atoms with E-state index in [1.807, 2.05) is 18.2 Å². The van der Waals surface area contributed by atoms with Gasteiger partial charge in [0.25, 0.3) is 5.91 Å². The van der Waals surface area contributed by atoms with Gasteiger partial charge >= 0.3 is 0 Å². The number of imidazole rings is 1. The van der Waals surface area contributed by atoms with Crippen LogP contribution in [0.15, 0.2) is 66.7 Å². The van der Waals surface area contributed by atoms with Crippen LogP contribution in [0.25, 0.3) is 11.0 Å². The van der Waals surface area contributed by atoms with E-state index in [0.717, 1.165) is 48.4 Å². The van der Waals surface area contributed by atoms with Crippen molar-refractivity contribution in [1.29, 1.82) is 0 Å². The quantitative estimate of drug-likeness (QED) is 0.232. The smallest absolute Gasteiger partial charge is 0.255 e. The highest BCUT2D eigenvalue weighted by molar-refractivity contribution is 5.96. The van der Waals surface area contributed by atoms with Crippen LogP contribution in [0.5, 0.6) is 11.5 Å². The minimum Gasteiger partial charge on any atom is -0.496 e. The predicted molar refractivity (Wildman–Crippen MR) is 149 cm³/mol. The first-order chi connectivity index (χ1) is 18.0. The van der Waals surface area contributed by atoms with Crippen molar-refractivity contribution in [2.75, 3.05) is 20.3 Å². The number of aromatic nitrogens is 2. The summed E-state index contributed by atoms with van der Waals surface area (Å²) in [6.45, 7) is 8.52. The van der Waals surface area contributed by atoms with Gasteiger partial charge in [-0.2, -0.15) is 0 Å². The largest absolute Gasteiger partial charge is 0.496 e. The van der Waals surface area contributed by atoms with Crippen LogP contribution in [-0.2, 0) is 13.0 Å². The van der Waals surface area contributed by atoms with E-state index in [9.17, 15) is 4.79 Å². The van der Waals surface area contributed by atoms with Gasteiger partial charge in [-0.15, -0.1) is 0 Å². The molecule has 0 saturated carbocycles. The molecule has 194 valence electrons. The number of methoxy groups -OCH3 is 1. The topological polar surface area (TPSA) is 65.4 Å². The summed E-state index contributed by atoms with van der Waals surface area (Å²) in [6, 6.07) is 22.0. The molecule has 0 unspecified atom stereocenters. The molecule has 0 saturated heterocycles. The van der Waals surface area contributed by atoms with Crippen LogP contribution < -0.4 is 14.8 Å². The number of hydrogen-bond donors (Lipinski definition) is 1. The first kappa shape index (κ1) is 26.3. The monoisotopic (exact) mass is 499 g/mol. The molecule has 1 heterocycles. The van der Waals surface area contributed by atoms with Crippen molar-refractivity contribution in [3.05, 3.63) is 89.2 Å². The third-order valence-corrected chi connectivity index (χ3v) is 6.52. The summed E-state index contributed by atoms with van der Waals surface area (Å²) in [6.07, 6.45) is 2.45. The third kappa shape index (κ3) is 6.50. The summed E-state index contributed by atoms with van der Waals surface area (Å²) in [5.74, 6) is 2.89. The van der Waals surface area contributed by atoms with Gasteiger partial charge in [-0.3, -0.25) is 4.79 Å². The Morgan fingerprint density at radius 1 is 1.00 bits per heavy atom. The molecule has 6 heteroatoms. The van der Waals surface area contributed by atoms with Gasteiger partial charge in [0.05, 0.1) is 30.3 Å². The zero-order chi connectivity index (χ0) is 26.2. The number of aryl methyl sites for hydroxylation is 3. The van der Waals surface area contributed by atoms with Crippen LogP contribution in [0.3, 0.4) is 0 Å². The van der Waals surface area contributed by atoms with E-state index in [-0.39, 0.29) is 5.91 Å². The fourth-order valence-electron chi connectivity index (χ4n) is 4.59. The van der Waals surface area contributed by atoms with Gasteiger partial charge in [0.2, 0.25) is 0 Å². The Labute approximate surface area is 219 Å². The fourth-order valence-corrected chi connectivity index (χ4v) is 4.59. The normalized spacial score (nSPS) is 11.2. The lowest BCUT2D eigenvalue weighted by Gasteiger charge is -2.15. The molecular formula is C31H37N3O3. The Balaban J connectivity index is 1.36. The third-order valence-electron chi connectivity index (χ3n) is 6.52. The Kier molecular flexibility index (Phi) is 8.83. The zero-order valence-corrected chi connectivity index (χ0v) is 22.3.